The van der Waals surface area contributed by atoms with Gasteiger partial charge in [0.2, 0.25) is 0 Å². The third-order valence-electron chi connectivity index (χ3n) is 3.99. The normalized spacial score (nSPS) is 10.7. The van der Waals surface area contributed by atoms with Gasteiger partial charge >= 0.3 is 0 Å². The summed E-state index contributed by atoms with van der Waals surface area (Å²) in [6.07, 6.45) is 1.58. The fourth-order valence-corrected chi connectivity index (χ4v) is 2.48. The molecule has 2 aromatic carbocycles. The maximum absolute atomic E-state index is 4.37. The maximum atomic E-state index is 4.37. The van der Waals surface area contributed by atoms with Gasteiger partial charge in [-0.3, -0.25) is 0 Å². The van der Waals surface area contributed by atoms with Gasteiger partial charge in [-0.25, -0.2) is 9.97 Å². The van der Waals surface area contributed by atoms with Crippen LogP contribution < -0.4 is 10.2 Å². The van der Waals surface area contributed by atoms with E-state index in [9.17, 15) is 0 Å². The van der Waals surface area contributed by atoms with E-state index in [1.165, 1.54) is 5.56 Å². The number of anilines is 4. The maximum Gasteiger partial charge on any atom is 0.138 e. The molecule has 0 fully saturated rings. The number of benzene rings is 2. The van der Waals surface area contributed by atoms with E-state index in [4.69, 9.17) is 0 Å². The molecule has 0 amide bonds. The van der Waals surface area contributed by atoms with Crippen LogP contribution in [-0.4, -0.2) is 17.0 Å². The molecule has 0 atom stereocenters. The van der Waals surface area contributed by atoms with Gasteiger partial charge in [0.15, 0.2) is 0 Å². The van der Waals surface area contributed by atoms with E-state index < -0.39 is 0 Å². The smallest absolute Gasteiger partial charge is 0.138 e. The molecule has 0 aliphatic heterocycles. The van der Waals surface area contributed by atoms with Gasteiger partial charge in [-0.15, -0.1) is 0 Å². The third-order valence-corrected chi connectivity index (χ3v) is 3.99. The number of hydrogen-bond acceptors (Lipinski definition) is 4. The minimum atomic E-state index is 0.532. The molecule has 1 aromatic heterocycles. The Bertz CT molecular complexity index is 782. The molecule has 1 heterocycles. The van der Waals surface area contributed by atoms with Gasteiger partial charge in [-0.05, 0) is 35.7 Å². The van der Waals surface area contributed by atoms with E-state index in [0.717, 1.165) is 23.0 Å². The zero-order valence-corrected chi connectivity index (χ0v) is 14.3. The molecule has 0 saturated carbocycles. The standard InChI is InChI=1S/C20H22N4/c1-15(2)16-9-11-17(12-10-16)23-19-13-20(22-14-21-19)24(3)18-7-5-4-6-8-18/h4-15H,1-3H3,(H,21,22,23). The molecule has 4 heteroatoms. The Morgan fingerprint density at radius 2 is 1.62 bits per heavy atom. The zero-order chi connectivity index (χ0) is 16.9. The largest absolute Gasteiger partial charge is 0.340 e. The first-order valence-corrected chi connectivity index (χ1v) is 8.11. The molecule has 0 saturated heterocycles. The van der Waals surface area contributed by atoms with Crippen LogP contribution in [0.15, 0.2) is 67.0 Å². The van der Waals surface area contributed by atoms with Gasteiger partial charge < -0.3 is 10.2 Å². The summed E-state index contributed by atoms with van der Waals surface area (Å²) in [5, 5.41) is 3.34. The van der Waals surface area contributed by atoms with Crippen LogP contribution in [0.5, 0.6) is 0 Å². The summed E-state index contributed by atoms with van der Waals surface area (Å²) in [7, 11) is 2.00. The number of para-hydroxylation sites is 1. The number of rotatable bonds is 5. The summed E-state index contributed by atoms with van der Waals surface area (Å²) in [6, 6.07) is 20.5. The first kappa shape index (κ1) is 16.0. The van der Waals surface area contributed by atoms with Crippen LogP contribution >= 0.6 is 0 Å². The first-order chi connectivity index (χ1) is 11.6. The second-order valence-corrected chi connectivity index (χ2v) is 6.06. The Kier molecular flexibility index (Phi) is 4.75. The molecule has 1 N–H and O–H groups in total. The summed E-state index contributed by atoms with van der Waals surface area (Å²) in [4.78, 5) is 10.7. The van der Waals surface area contributed by atoms with Gasteiger partial charge in [-0.2, -0.15) is 0 Å². The lowest BCUT2D eigenvalue weighted by atomic mass is 10.0. The van der Waals surface area contributed by atoms with Crippen molar-refractivity contribution in [2.75, 3.05) is 17.3 Å². The van der Waals surface area contributed by atoms with E-state index in [1.54, 1.807) is 6.33 Å². The van der Waals surface area contributed by atoms with Crippen LogP contribution in [-0.2, 0) is 0 Å². The van der Waals surface area contributed by atoms with Crippen LogP contribution in [0.2, 0.25) is 0 Å². The molecule has 3 rings (SSSR count). The van der Waals surface area contributed by atoms with E-state index >= 15 is 0 Å². The average Bonchev–Trinajstić information content (AvgIpc) is 2.62. The van der Waals surface area contributed by atoms with Crippen molar-refractivity contribution in [3.05, 3.63) is 72.6 Å². The molecule has 0 aliphatic rings. The van der Waals surface area contributed by atoms with Crippen molar-refractivity contribution in [3.63, 3.8) is 0 Å². The van der Waals surface area contributed by atoms with Crippen LogP contribution in [0.4, 0.5) is 23.0 Å². The quantitative estimate of drug-likeness (QED) is 0.709. The third kappa shape index (κ3) is 3.71. The van der Waals surface area contributed by atoms with Crippen molar-refractivity contribution in [2.45, 2.75) is 19.8 Å². The minimum Gasteiger partial charge on any atom is -0.340 e. The highest BCUT2D eigenvalue weighted by Crippen LogP contribution is 2.24. The van der Waals surface area contributed by atoms with E-state index in [1.807, 2.05) is 36.2 Å². The molecular formula is C20H22N4. The lowest BCUT2D eigenvalue weighted by Gasteiger charge is -2.18. The fraction of sp³-hybridized carbons (Fsp3) is 0.200. The first-order valence-electron chi connectivity index (χ1n) is 8.11. The van der Waals surface area contributed by atoms with Crippen LogP contribution in [0.3, 0.4) is 0 Å². The van der Waals surface area contributed by atoms with Crippen molar-refractivity contribution in [2.24, 2.45) is 0 Å². The molecule has 0 spiro atoms. The summed E-state index contributed by atoms with van der Waals surface area (Å²) >= 11 is 0. The van der Waals surface area contributed by atoms with Crippen molar-refractivity contribution >= 4 is 23.0 Å². The zero-order valence-electron chi connectivity index (χ0n) is 14.3. The second-order valence-electron chi connectivity index (χ2n) is 6.06. The van der Waals surface area contributed by atoms with E-state index in [2.05, 4.69) is 65.5 Å². The molecule has 3 aromatic rings. The lowest BCUT2D eigenvalue weighted by molar-refractivity contribution is 0.867. The summed E-state index contributed by atoms with van der Waals surface area (Å²) in [5.41, 5.74) is 3.43. The van der Waals surface area contributed by atoms with Crippen molar-refractivity contribution < 1.29 is 0 Å². The predicted molar refractivity (Wildman–Crippen MR) is 100 cm³/mol. The van der Waals surface area contributed by atoms with Crippen molar-refractivity contribution in [1.82, 2.24) is 9.97 Å². The molecule has 0 radical (unpaired) electrons. The molecule has 0 bridgehead atoms. The Morgan fingerprint density at radius 1 is 0.917 bits per heavy atom. The Balaban J connectivity index is 1.78. The van der Waals surface area contributed by atoms with Gasteiger partial charge in [0, 0.05) is 24.5 Å². The van der Waals surface area contributed by atoms with Gasteiger partial charge in [0.1, 0.15) is 18.0 Å². The monoisotopic (exact) mass is 318 g/mol. The SMILES string of the molecule is CC(C)c1ccc(Nc2cc(N(C)c3ccccc3)ncn2)cc1. The predicted octanol–water partition coefficient (Wildman–Crippen LogP) is 5.11. The number of nitrogens with zero attached hydrogens (tertiary/aromatic N) is 3. The summed E-state index contributed by atoms with van der Waals surface area (Å²) in [5.74, 6) is 2.15. The van der Waals surface area contributed by atoms with Crippen LogP contribution in [0, 0.1) is 0 Å². The van der Waals surface area contributed by atoms with Gasteiger partial charge in [0.05, 0.1) is 0 Å². The average molecular weight is 318 g/mol. The van der Waals surface area contributed by atoms with Crippen LogP contribution in [0.25, 0.3) is 0 Å². The molecule has 24 heavy (non-hydrogen) atoms. The van der Waals surface area contributed by atoms with Crippen molar-refractivity contribution in [1.29, 1.82) is 0 Å². The number of aromatic nitrogens is 2. The Hall–Kier alpha value is -2.88. The highest BCUT2D eigenvalue weighted by atomic mass is 15.2. The number of nitrogens with one attached hydrogen (secondary N) is 1. The summed E-state index contributed by atoms with van der Waals surface area (Å²) < 4.78 is 0. The van der Waals surface area contributed by atoms with E-state index in [0.29, 0.717) is 5.92 Å². The number of hydrogen-bond donors (Lipinski definition) is 1. The molecule has 122 valence electrons. The van der Waals surface area contributed by atoms with Gasteiger partial charge in [0.25, 0.3) is 0 Å². The molecular weight excluding hydrogens is 296 g/mol. The van der Waals surface area contributed by atoms with E-state index in [-0.39, 0.29) is 0 Å². The molecule has 0 aliphatic carbocycles. The summed E-state index contributed by atoms with van der Waals surface area (Å²) in [6.45, 7) is 4.39. The Morgan fingerprint density at radius 3 is 2.29 bits per heavy atom. The van der Waals surface area contributed by atoms with Gasteiger partial charge in [-0.1, -0.05) is 44.2 Å². The van der Waals surface area contributed by atoms with Crippen LogP contribution in [0.1, 0.15) is 25.3 Å². The second kappa shape index (κ2) is 7.13. The topological polar surface area (TPSA) is 41.0 Å². The highest BCUT2D eigenvalue weighted by Gasteiger charge is 2.07. The Labute approximate surface area is 143 Å². The lowest BCUT2D eigenvalue weighted by Crippen LogP contribution is -2.11. The van der Waals surface area contributed by atoms with Crippen molar-refractivity contribution in [3.8, 4) is 0 Å². The molecule has 4 nitrogen and oxygen atoms in total. The highest BCUT2D eigenvalue weighted by molar-refractivity contribution is 5.64. The minimum absolute atomic E-state index is 0.532. The fourth-order valence-electron chi connectivity index (χ4n) is 2.48. The molecule has 0 unspecified atom stereocenters.